The van der Waals surface area contributed by atoms with Crippen LogP contribution in [-0.2, 0) is 14.9 Å². The normalized spacial score (nSPS) is 25.9. The van der Waals surface area contributed by atoms with E-state index in [1.807, 2.05) is 0 Å². The van der Waals surface area contributed by atoms with E-state index in [1.165, 1.54) is 4.31 Å². The van der Waals surface area contributed by atoms with E-state index in [9.17, 15) is 8.42 Å². The maximum atomic E-state index is 12.7. The van der Waals surface area contributed by atoms with Crippen LogP contribution >= 0.6 is 0 Å². The highest BCUT2D eigenvalue weighted by atomic mass is 32.2. The van der Waals surface area contributed by atoms with Crippen LogP contribution in [-0.4, -0.2) is 59.8 Å². The standard InChI is InChI=1S/C12H18N4O3S/c17-20(18,15-6-8-19-9-7-15)16-5-1-2-12(16)11-10-13-3-4-14-11/h3-4,10,12H,1-2,5-9H2. The Hall–Kier alpha value is -1.09. The molecule has 1 unspecified atom stereocenters. The van der Waals surface area contributed by atoms with Gasteiger partial charge in [0, 0.05) is 32.0 Å². The van der Waals surface area contributed by atoms with Gasteiger partial charge in [-0.15, -0.1) is 0 Å². The number of ether oxygens (including phenoxy) is 1. The van der Waals surface area contributed by atoms with E-state index in [2.05, 4.69) is 9.97 Å². The summed E-state index contributed by atoms with van der Waals surface area (Å²) in [6.45, 7) is 2.31. The minimum absolute atomic E-state index is 0.198. The molecule has 8 heteroatoms. The van der Waals surface area contributed by atoms with Crippen molar-refractivity contribution in [3.8, 4) is 0 Å². The molecule has 2 saturated heterocycles. The fraction of sp³-hybridized carbons (Fsp3) is 0.667. The second-order valence-electron chi connectivity index (χ2n) is 4.92. The Balaban J connectivity index is 1.84. The summed E-state index contributed by atoms with van der Waals surface area (Å²) in [5.74, 6) is 0. The number of aromatic nitrogens is 2. The molecule has 7 nitrogen and oxygen atoms in total. The molecule has 0 radical (unpaired) electrons. The summed E-state index contributed by atoms with van der Waals surface area (Å²) in [5, 5.41) is 0. The van der Waals surface area contributed by atoms with E-state index >= 15 is 0 Å². The number of rotatable bonds is 3. The van der Waals surface area contributed by atoms with E-state index in [1.54, 1.807) is 22.9 Å². The third kappa shape index (κ3) is 2.56. The van der Waals surface area contributed by atoms with E-state index in [-0.39, 0.29) is 6.04 Å². The fourth-order valence-corrected chi connectivity index (χ4v) is 4.52. The molecule has 3 rings (SSSR count). The zero-order chi connectivity index (χ0) is 14.0. The van der Waals surface area contributed by atoms with Crippen LogP contribution in [0.3, 0.4) is 0 Å². The van der Waals surface area contributed by atoms with Crippen LogP contribution in [0.25, 0.3) is 0 Å². The molecule has 0 aromatic carbocycles. The van der Waals surface area contributed by atoms with Crippen LogP contribution in [0.5, 0.6) is 0 Å². The van der Waals surface area contributed by atoms with Gasteiger partial charge in [-0.05, 0) is 12.8 Å². The maximum absolute atomic E-state index is 12.7. The number of nitrogens with zero attached hydrogens (tertiary/aromatic N) is 4. The molecule has 0 N–H and O–H groups in total. The molecule has 0 amide bonds. The second-order valence-corrected chi connectivity index (χ2v) is 6.80. The summed E-state index contributed by atoms with van der Waals surface area (Å²) in [6.07, 6.45) is 6.50. The van der Waals surface area contributed by atoms with E-state index in [0.717, 1.165) is 18.5 Å². The van der Waals surface area contributed by atoms with E-state index < -0.39 is 10.2 Å². The lowest BCUT2D eigenvalue weighted by Gasteiger charge is -2.32. The van der Waals surface area contributed by atoms with E-state index in [4.69, 9.17) is 4.74 Å². The van der Waals surface area contributed by atoms with Gasteiger partial charge in [-0.3, -0.25) is 9.97 Å². The lowest BCUT2D eigenvalue weighted by atomic mass is 10.2. The Morgan fingerprint density at radius 2 is 2.00 bits per heavy atom. The quantitative estimate of drug-likeness (QED) is 0.796. The lowest BCUT2D eigenvalue weighted by molar-refractivity contribution is 0.0698. The summed E-state index contributed by atoms with van der Waals surface area (Å²) >= 11 is 0. The monoisotopic (exact) mass is 298 g/mol. The molecule has 1 atom stereocenters. The molecule has 1 aromatic rings. The summed E-state index contributed by atoms with van der Waals surface area (Å²) in [7, 11) is -3.44. The van der Waals surface area contributed by atoms with Gasteiger partial charge >= 0.3 is 0 Å². The predicted molar refractivity (Wildman–Crippen MR) is 72.0 cm³/mol. The van der Waals surface area contributed by atoms with Crippen LogP contribution in [0, 0.1) is 0 Å². The van der Waals surface area contributed by atoms with Gasteiger partial charge < -0.3 is 4.74 Å². The SMILES string of the molecule is O=S(=O)(N1CCOCC1)N1CCCC1c1cnccn1. The first kappa shape index (κ1) is 13.9. The lowest BCUT2D eigenvalue weighted by Crippen LogP contribution is -2.48. The first-order chi connectivity index (χ1) is 9.69. The zero-order valence-electron chi connectivity index (χ0n) is 11.2. The summed E-state index contributed by atoms with van der Waals surface area (Å²) < 4.78 is 33.7. The molecule has 0 saturated carbocycles. The fourth-order valence-electron chi connectivity index (χ4n) is 2.72. The number of hydrogen-bond acceptors (Lipinski definition) is 5. The van der Waals surface area contributed by atoms with Crippen molar-refractivity contribution < 1.29 is 13.2 Å². The Labute approximate surface area is 118 Å². The Bertz CT molecular complexity index is 545. The van der Waals surface area contributed by atoms with Crippen molar-refractivity contribution in [2.45, 2.75) is 18.9 Å². The molecular formula is C12H18N4O3S. The summed E-state index contributed by atoms with van der Waals surface area (Å²) in [5.41, 5.74) is 0.724. The van der Waals surface area contributed by atoms with Crippen molar-refractivity contribution in [2.75, 3.05) is 32.8 Å². The van der Waals surface area contributed by atoms with Gasteiger partial charge in [0.2, 0.25) is 0 Å². The molecule has 20 heavy (non-hydrogen) atoms. The van der Waals surface area contributed by atoms with Crippen LogP contribution in [0.2, 0.25) is 0 Å². The second kappa shape index (κ2) is 5.72. The molecular weight excluding hydrogens is 280 g/mol. The third-order valence-electron chi connectivity index (χ3n) is 3.72. The Kier molecular flexibility index (Phi) is 3.97. The highest BCUT2D eigenvalue weighted by Crippen LogP contribution is 2.34. The minimum Gasteiger partial charge on any atom is -0.379 e. The zero-order valence-corrected chi connectivity index (χ0v) is 12.0. The Morgan fingerprint density at radius 3 is 2.70 bits per heavy atom. The van der Waals surface area contributed by atoms with Crippen LogP contribution in [0.15, 0.2) is 18.6 Å². The summed E-state index contributed by atoms with van der Waals surface area (Å²) in [6, 6.07) is -0.198. The van der Waals surface area contributed by atoms with Crippen molar-refractivity contribution in [3.05, 3.63) is 24.3 Å². The first-order valence-corrected chi connectivity index (χ1v) is 8.20. The molecule has 2 aliphatic heterocycles. The average Bonchev–Trinajstić information content (AvgIpc) is 2.99. The van der Waals surface area contributed by atoms with Gasteiger partial charge in [0.05, 0.1) is 31.1 Å². The van der Waals surface area contributed by atoms with Crippen LogP contribution in [0.1, 0.15) is 24.6 Å². The number of hydrogen-bond donors (Lipinski definition) is 0. The van der Waals surface area contributed by atoms with Gasteiger partial charge in [0.15, 0.2) is 0 Å². The highest BCUT2D eigenvalue weighted by Gasteiger charge is 2.39. The Morgan fingerprint density at radius 1 is 1.20 bits per heavy atom. The molecule has 0 aliphatic carbocycles. The van der Waals surface area contributed by atoms with Crippen molar-refractivity contribution >= 4 is 10.2 Å². The summed E-state index contributed by atoms with van der Waals surface area (Å²) in [4.78, 5) is 8.30. The predicted octanol–water partition coefficient (Wildman–Crippen LogP) is 0.190. The van der Waals surface area contributed by atoms with Crippen molar-refractivity contribution in [3.63, 3.8) is 0 Å². The highest BCUT2D eigenvalue weighted by molar-refractivity contribution is 7.86. The van der Waals surface area contributed by atoms with Gasteiger partial charge in [0.25, 0.3) is 10.2 Å². The average molecular weight is 298 g/mol. The molecule has 110 valence electrons. The van der Waals surface area contributed by atoms with Gasteiger partial charge in [-0.2, -0.15) is 17.0 Å². The van der Waals surface area contributed by atoms with Crippen molar-refractivity contribution in [1.82, 2.24) is 18.6 Å². The van der Waals surface area contributed by atoms with Gasteiger partial charge in [0.1, 0.15) is 0 Å². The van der Waals surface area contributed by atoms with Crippen molar-refractivity contribution in [2.24, 2.45) is 0 Å². The largest absolute Gasteiger partial charge is 0.379 e. The van der Waals surface area contributed by atoms with Crippen LogP contribution < -0.4 is 0 Å². The van der Waals surface area contributed by atoms with E-state index in [0.29, 0.717) is 32.8 Å². The topological polar surface area (TPSA) is 75.6 Å². The molecule has 0 spiro atoms. The molecule has 2 aliphatic rings. The van der Waals surface area contributed by atoms with Crippen molar-refractivity contribution in [1.29, 1.82) is 0 Å². The van der Waals surface area contributed by atoms with Crippen LogP contribution in [0.4, 0.5) is 0 Å². The van der Waals surface area contributed by atoms with Gasteiger partial charge in [-0.25, -0.2) is 0 Å². The molecule has 1 aromatic heterocycles. The van der Waals surface area contributed by atoms with Gasteiger partial charge in [-0.1, -0.05) is 0 Å². The smallest absolute Gasteiger partial charge is 0.282 e. The molecule has 0 bridgehead atoms. The number of morpholine rings is 1. The molecule has 3 heterocycles. The maximum Gasteiger partial charge on any atom is 0.282 e. The third-order valence-corrected chi connectivity index (χ3v) is 5.77. The molecule has 2 fully saturated rings. The first-order valence-electron chi connectivity index (χ1n) is 6.80. The minimum atomic E-state index is -3.44.